The molecule has 1 aromatic carbocycles. The molecule has 4 aliphatic rings. The van der Waals surface area contributed by atoms with Crippen LogP contribution in [-0.2, 0) is 4.79 Å². The Morgan fingerprint density at radius 1 is 1.23 bits per heavy atom. The molecule has 4 aliphatic carbocycles. The fraction of sp³-hybridized carbons (Fsp3) is 0.591. The van der Waals surface area contributed by atoms with Crippen molar-refractivity contribution in [3.63, 3.8) is 0 Å². The number of carbonyl (C=O) groups excluding carboxylic acids is 1. The van der Waals surface area contributed by atoms with Gasteiger partial charge in [-0.1, -0.05) is 15.9 Å². The smallest absolute Gasteiger partial charge is 0.244 e. The third-order valence-electron chi connectivity index (χ3n) is 6.97. The minimum absolute atomic E-state index is 0.00438. The summed E-state index contributed by atoms with van der Waals surface area (Å²) in [5, 5.41) is 3.28. The fourth-order valence-electron chi connectivity index (χ4n) is 6.12. The maximum absolute atomic E-state index is 12.6. The number of benzene rings is 1. The van der Waals surface area contributed by atoms with E-state index >= 15 is 0 Å². The Labute approximate surface area is 164 Å². The molecule has 3 nitrogen and oxygen atoms in total. The minimum Gasteiger partial charge on any atom is -0.496 e. The molecule has 0 heterocycles. The molecule has 0 unspecified atom stereocenters. The highest BCUT2D eigenvalue weighted by atomic mass is 79.9. The zero-order valence-electron chi connectivity index (χ0n) is 15.6. The van der Waals surface area contributed by atoms with Gasteiger partial charge in [0.15, 0.2) is 0 Å². The van der Waals surface area contributed by atoms with Crippen LogP contribution >= 0.6 is 15.9 Å². The van der Waals surface area contributed by atoms with Crippen molar-refractivity contribution >= 4 is 27.9 Å². The Kier molecular flexibility index (Phi) is 4.89. The average Bonchev–Trinajstić information content (AvgIpc) is 2.59. The summed E-state index contributed by atoms with van der Waals surface area (Å²) in [6.07, 6.45) is 11.7. The van der Waals surface area contributed by atoms with E-state index in [-0.39, 0.29) is 11.9 Å². The molecule has 0 aliphatic heterocycles. The predicted octanol–water partition coefficient (Wildman–Crippen LogP) is 5.19. The molecule has 4 fully saturated rings. The number of hydrogen-bond donors (Lipinski definition) is 1. The van der Waals surface area contributed by atoms with Gasteiger partial charge in [-0.3, -0.25) is 4.79 Å². The molecule has 5 rings (SSSR count). The lowest BCUT2D eigenvalue weighted by atomic mass is 9.48. The van der Waals surface area contributed by atoms with E-state index in [1.165, 1.54) is 38.5 Å². The summed E-state index contributed by atoms with van der Waals surface area (Å²) in [5.74, 6) is 3.48. The molecule has 1 atom stereocenters. The van der Waals surface area contributed by atoms with Crippen LogP contribution < -0.4 is 10.1 Å². The Morgan fingerprint density at radius 3 is 2.42 bits per heavy atom. The molecule has 4 saturated carbocycles. The summed E-state index contributed by atoms with van der Waals surface area (Å²) in [6, 6.07) is 6.05. The molecular formula is C22H28BrNO2. The summed E-state index contributed by atoms with van der Waals surface area (Å²) >= 11 is 3.47. The van der Waals surface area contributed by atoms with Crippen molar-refractivity contribution in [3.8, 4) is 5.75 Å². The molecule has 0 radical (unpaired) electrons. The van der Waals surface area contributed by atoms with Crippen molar-refractivity contribution in [2.45, 2.75) is 51.5 Å². The SMILES string of the molecule is COc1ccc(Br)cc1/C=C/C(=O)N[C@@H](C)C12CC3CC(CC(C3)C1)C2. The van der Waals surface area contributed by atoms with Crippen LogP contribution in [0.1, 0.15) is 51.0 Å². The fourth-order valence-corrected chi connectivity index (χ4v) is 6.50. The summed E-state index contributed by atoms with van der Waals surface area (Å²) < 4.78 is 6.35. The average molecular weight is 418 g/mol. The molecule has 140 valence electrons. The van der Waals surface area contributed by atoms with Crippen LogP contribution in [0.25, 0.3) is 6.08 Å². The van der Waals surface area contributed by atoms with Gasteiger partial charge in [-0.15, -0.1) is 0 Å². The Hall–Kier alpha value is -1.29. The summed E-state index contributed by atoms with van der Waals surface area (Å²) in [5.41, 5.74) is 1.24. The Morgan fingerprint density at radius 2 is 1.85 bits per heavy atom. The zero-order chi connectivity index (χ0) is 18.3. The van der Waals surface area contributed by atoms with Gasteiger partial charge in [-0.05, 0) is 92.9 Å². The third-order valence-corrected chi connectivity index (χ3v) is 7.46. The van der Waals surface area contributed by atoms with Gasteiger partial charge < -0.3 is 10.1 Å². The number of hydrogen-bond acceptors (Lipinski definition) is 2. The summed E-state index contributed by atoms with van der Waals surface area (Å²) in [6.45, 7) is 2.22. The van der Waals surface area contributed by atoms with E-state index in [2.05, 4.69) is 28.2 Å². The van der Waals surface area contributed by atoms with Crippen molar-refractivity contribution in [1.82, 2.24) is 5.32 Å². The highest BCUT2D eigenvalue weighted by molar-refractivity contribution is 9.10. The normalized spacial score (nSPS) is 33.4. The third kappa shape index (κ3) is 3.45. The second-order valence-electron chi connectivity index (χ2n) is 8.73. The highest BCUT2D eigenvalue weighted by Crippen LogP contribution is 2.61. The molecular weight excluding hydrogens is 390 g/mol. The standard InChI is InChI=1S/C22H28BrNO2/c1-14(22-11-15-7-16(12-22)9-17(8-15)13-22)24-21(25)6-3-18-10-19(23)4-5-20(18)26-2/h3-6,10,14-17H,7-9,11-13H2,1-2H3,(H,24,25)/b6-3+/t14-,15?,16?,17?,22?/m0/s1. The monoisotopic (exact) mass is 417 g/mol. The van der Waals surface area contributed by atoms with Crippen molar-refractivity contribution in [2.75, 3.05) is 7.11 Å². The van der Waals surface area contributed by atoms with Gasteiger partial charge in [0, 0.05) is 22.2 Å². The van der Waals surface area contributed by atoms with Crippen molar-refractivity contribution in [3.05, 3.63) is 34.3 Å². The van der Waals surface area contributed by atoms with E-state index in [4.69, 9.17) is 4.74 Å². The van der Waals surface area contributed by atoms with Gasteiger partial charge in [-0.2, -0.15) is 0 Å². The van der Waals surface area contributed by atoms with Crippen LogP contribution in [0.5, 0.6) is 5.75 Å². The number of carbonyl (C=O) groups is 1. The van der Waals surface area contributed by atoms with E-state index < -0.39 is 0 Å². The van der Waals surface area contributed by atoms with Gasteiger partial charge in [0.1, 0.15) is 5.75 Å². The summed E-state index contributed by atoms with van der Waals surface area (Å²) in [7, 11) is 1.65. The first-order chi connectivity index (χ1) is 12.5. The molecule has 0 spiro atoms. The van der Waals surface area contributed by atoms with Crippen LogP contribution in [0.2, 0.25) is 0 Å². The van der Waals surface area contributed by atoms with Crippen LogP contribution in [0, 0.1) is 23.2 Å². The van der Waals surface area contributed by atoms with E-state index in [1.807, 2.05) is 24.3 Å². The second kappa shape index (κ2) is 7.03. The molecule has 1 N–H and O–H groups in total. The van der Waals surface area contributed by atoms with E-state index in [1.54, 1.807) is 13.2 Å². The quantitative estimate of drug-likeness (QED) is 0.669. The van der Waals surface area contributed by atoms with E-state index in [9.17, 15) is 4.79 Å². The predicted molar refractivity (Wildman–Crippen MR) is 108 cm³/mol. The molecule has 0 aromatic heterocycles. The van der Waals surface area contributed by atoms with Crippen molar-refractivity contribution in [1.29, 1.82) is 0 Å². The lowest BCUT2D eigenvalue weighted by Crippen LogP contribution is -2.55. The van der Waals surface area contributed by atoms with Crippen molar-refractivity contribution < 1.29 is 9.53 Å². The molecule has 0 saturated heterocycles. The van der Waals surface area contributed by atoms with Crippen LogP contribution in [-0.4, -0.2) is 19.1 Å². The molecule has 1 aromatic rings. The van der Waals surface area contributed by atoms with Crippen LogP contribution in [0.15, 0.2) is 28.7 Å². The molecule has 4 bridgehead atoms. The molecule has 4 heteroatoms. The van der Waals surface area contributed by atoms with Crippen LogP contribution in [0.4, 0.5) is 0 Å². The zero-order valence-corrected chi connectivity index (χ0v) is 17.2. The first kappa shape index (κ1) is 18.1. The van der Waals surface area contributed by atoms with Crippen LogP contribution in [0.3, 0.4) is 0 Å². The van der Waals surface area contributed by atoms with Crippen molar-refractivity contribution in [2.24, 2.45) is 23.2 Å². The lowest BCUT2D eigenvalue weighted by molar-refractivity contribution is -0.121. The van der Waals surface area contributed by atoms with Gasteiger partial charge in [0.05, 0.1) is 7.11 Å². The lowest BCUT2D eigenvalue weighted by Gasteiger charge is -2.59. The maximum atomic E-state index is 12.6. The van der Waals surface area contributed by atoms with Gasteiger partial charge in [0.2, 0.25) is 5.91 Å². The van der Waals surface area contributed by atoms with E-state index in [0.29, 0.717) is 5.41 Å². The van der Waals surface area contributed by atoms with Gasteiger partial charge >= 0.3 is 0 Å². The summed E-state index contributed by atoms with van der Waals surface area (Å²) in [4.78, 5) is 12.6. The molecule has 26 heavy (non-hydrogen) atoms. The number of ether oxygens (including phenoxy) is 1. The first-order valence-electron chi connectivity index (χ1n) is 9.79. The Balaban J connectivity index is 1.43. The minimum atomic E-state index is -0.00438. The maximum Gasteiger partial charge on any atom is 0.244 e. The number of amides is 1. The number of methoxy groups -OCH3 is 1. The van der Waals surface area contributed by atoms with Gasteiger partial charge in [0.25, 0.3) is 0 Å². The largest absolute Gasteiger partial charge is 0.496 e. The van der Waals surface area contributed by atoms with E-state index in [0.717, 1.165) is 33.5 Å². The Bertz CT molecular complexity index is 692. The topological polar surface area (TPSA) is 38.3 Å². The molecule has 1 amide bonds. The first-order valence-corrected chi connectivity index (χ1v) is 10.6. The number of halogens is 1. The second-order valence-corrected chi connectivity index (χ2v) is 9.65. The highest BCUT2D eigenvalue weighted by Gasteiger charge is 2.53. The number of rotatable bonds is 5. The number of nitrogens with one attached hydrogen (secondary N) is 1. The van der Waals surface area contributed by atoms with Gasteiger partial charge in [-0.25, -0.2) is 0 Å².